The average molecular weight is 318 g/mol. The molecule has 0 spiro atoms. The Balaban J connectivity index is 1.53. The van der Waals surface area contributed by atoms with Crippen LogP contribution in [-0.2, 0) is 24.4 Å². The van der Waals surface area contributed by atoms with Crippen molar-refractivity contribution in [1.29, 1.82) is 0 Å². The third-order valence-corrected chi connectivity index (χ3v) is 5.28. The van der Waals surface area contributed by atoms with Crippen molar-refractivity contribution in [1.82, 2.24) is 19.7 Å². The minimum absolute atomic E-state index is 0.418. The number of rotatable bonds is 6. The topological polar surface area (TPSA) is 43.2 Å². The summed E-state index contributed by atoms with van der Waals surface area (Å²) in [7, 11) is 1.79. The molecular weight excluding hydrogens is 296 g/mol. The second-order valence-electron chi connectivity index (χ2n) is 6.44. The van der Waals surface area contributed by atoms with Crippen molar-refractivity contribution in [2.45, 2.75) is 38.4 Å². The monoisotopic (exact) mass is 318 g/mol. The predicted octanol–water partition coefficient (Wildman–Crippen LogP) is 2.50. The average Bonchev–Trinajstić information content (AvgIpc) is 2.98. The lowest BCUT2D eigenvalue weighted by molar-refractivity contribution is 0.135. The first-order chi connectivity index (χ1) is 10.8. The number of thiazole rings is 1. The van der Waals surface area contributed by atoms with Gasteiger partial charge in [-0.2, -0.15) is 5.10 Å². The highest BCUT2D eigenvalue weighted by atomic mass is 32.1. The minimum Gasteiger partial charge on any atom is -0.384 e. The van der Waals surface area contributed by atoms with Gasteiger partial charge in [0.15, 0.2) is 0 Å². The van der Waals surface area contributed by atoms with Crippen LogP contribution in [0.5, 0.6) is 0 Å². The Labute approximate surface area is 134 Å². The largest absolute Gasteiger partial charge is 0.384 e. The quantitative estimate of drug-likeness (QED) is 0.821. The Bertz CT molecular complexity index is 620. The zero-order valence-electron chi connectivity index (χ0n) is 12.9. The van der Waals surface area contributed by atoms with E-state index in [9.17, 15) is 0 Å². The van der Waals surface area contributed by atoms with E-state index in [1.165, 1.54) is 29.1 Å². The fraction of sp³-hybridized carbons (Fsp3) is 0.625. The number of ether oxygens (including phenoxy) is 1. The molecule has 0 aromatic carbocycles. The lowest BCUT2D eigenvalue weighted by atomic mass is 9.96. The summed E-state index contributed by atoms with van der Waals surface area (Å²) in [6.07, 6.45) is 6.87. The van der Waals surface area contributed by atoms with Crippen LogP contribution < -0.4 is 0 Å². The van der Waals surface area contributed by atoms with Gasteiger partial charge in [-0.3, -0.25) is 9.58 Å². The molecule has 1 atom stereocenters. The van der Waals surface area contributed by atoms with Crippen LogP contribution in [0.25, 0.3) is 0 Å². The zero-order chi connectivity index (χ0) is 14.9. The number of methoxy groups -OCH3 is 1. The zero-order valence-corrected chi connectivity index (χ0v) is 13.8. The number of fused-ring (bicyclic) bond motifs is 1. The van der Waals surface area contributed by atoms with E-state index in [0.29, 0.717) is 5.92 Å². The SMILES string of the molecule is COC[C@@H]1CN(Cc2nccs2)Cc2nn(CC3CC3)cc21. The molecule has 0 saturated heterocycles. The van der Waals surface area contributed by atoms with Crippen molar-refractivity contribution in [2.24, 2.45) is 5.92 Å². The molecule has 0 radical (unpaired) electrons. The van der Waals surface area contributed by atoms with Crippen LogP contribution in [-0.4, -0.2) is 39.9 Å². The van der Waals surface area contributed by atoms with Crippen LogP contribution in [0.4, 0.5) is 0 Å². The Morgan fingerprint density at radius 3 is 3.05 bits per heavy atom. The van der Waals surface area contributed by atoms with Crippen molar-refractivity contribution in [2.75, 3.05) is 20.3 Å². The van der Waals surface area contributed by atoms with Gasteiger partial charge in [0, 0.05) is 56.0 Å². The second-order valence-corrected chi connectivity index (χ2v) is 7.42. The van der Waals surface area contributed by atoms with Gasteiger partial charge in [0.05, 0.1) is 18.8 Å². The van der Waals surface area contributed by atoms with Gasteiger partial charge in [0.1, 0.15) is 5.01 Å². The molecule has 3 heterocycles. The van der Waals surface area contributed by atoms with Crippen molar-refractivity contribution in [3.05, 3.63) is 34.0 Å². The summed E-state index contributed by atoms with van der Waals surface area (Å²) in [6, 6.07) is 0. The van der Waals surface area contributed by atoms with Crippen LogP contribution in [0.15, 0.2) is 17.8 Å². The summed E-state index contributed by atoms with van der Waals surface area (Å²) in [6.45, 7) is 4.70. The van der Waals surface area contributed by atoms with Crippen molar-refractivity contribution in [3.63, 3.8) is 0 Å². The molecule has 0 amide bonds. The van der Waals surface area contributed by atoms with E-state index in [4.69, 9.17) is 9.84 Å². The molecule has 2 aromatic rings. The second kappa shape index (κ2) is 6.10. The minimum atomic E-state index is 0.418. The maximum Gasteiger partial charge on any atom is 0.107 e. The third kappa shape index (κ3) is 3.09. The normalized spacial score (nSPS) is 22.0. The Hall–Kier alpha value is -1.24. The lowest BCUT2D eigenvalue weighted by Crippen LogP contribution is -2.34. The molecule has 1 aliphatic heterocycles. The van der Waals surface area contributed by atoms with Gasteiger partial charge >= 0.3 is 0 Å². The van der Waals surface area contributed by atoms with Crippen LogP contribution in [0.3, 0.4) is 0 Å². The van der Waals surface area contributed by atoms with Gasteiger partial charge in [-0.1, -0.05) is 0 Å². The van der Waals surface area contributed by atoms with Crippen LogP contribution in [0.1, 0.15) is 35.0 Å². The molecule has 1 aliphatic carbocycles. The van der Waals surface area contributed by atoms with E-state index in [-0.39, 0.29) is 0 Å². The molecule has 22 heavy (non-hydrogen) atoms. The van der Waals surface area contributed by atoms with E-state index < -0.39 is 0 Å². The molecular formula is C16H22N4OS. The van der Waals surface area contributed by atoms with Gasteiger partial charge in [-0.25, -0.2) is 4.98 Å². The highest BCUT2D eigenvalue weighted by Crippen LogP contribution is 2.33. The number of hydrogen-bond acceptors (Lipinski definition) is 5. The molecule has 118 valence electrons. The fourth-order valence-corrected chi connectivity index (χ4v) is 3.93. The van der Waals surface area contributed by atoms with Crippen LogP contribution in [0.2, 0.25) is 0 Å². The van der Waals surface area contributed by atoms with Gasteiger partial charge in [0.25, 0.3) is 0 Å². The molecule has 2 aromatic heterocycles. The molecule has 0 bridgehead atoms. The molecule has 2 aliphatic rings. The van der Waals surface area contributed by atoms with Crippen molar-refractivity contribution in [3.8, 4) is 0 Å². The smallest absolute Gasteiger partial charge is 0.107 e. The van der Waals surface area contributed by atoms with Gasteiger partial charge in [0.2, 0.25) is 0 Å². The van der Waals surface area contributed by atoms with E-state index in [2.05, 4.69) is 20.8 Å². The third-order valence-electron chi connectivity index (χ3n) is 4.51. The number of nitrogens with zero attached hydrogens (tertiary/aromatic N) is 4. The van der Waals surface area contributed by atoms with Crippen LogP contribution in [0, 0.1) is 5.92 Å². The fourth-order valence-electron chi connectivity index (χ4n) is 3.27. The van der Waals surface area contributed by atoms with E-state index in [1.54, 1.807) is 18.4 Å². The van der Waals surface area contributed by atoms with E-state index in [0.717, 1.165) is 38.7 Å². The first kappa shape index (κ1) is 14.4. The van der Waals surface area contributed by atoms with E-state index in [1.807, 2.05) is 11.6 Å². The summed E-state index contributed by atoms with van der Waals surface area (Å²) >= 11 is 1.72. The molecule has 5 nitrogen and oxygen atoms in total. The number of aromatic nitrogens is 3. The summed E-state index contributed by atoms with van der Waals surface area (Å²) in [5.41, 5.74) is 2.61. The highest BCUT2D eigenvalue weighted by Gasteiger charge is 2.30. The molecule has 4 rings (SSSR count). The van der Waals surface area contributed by atoms with Crippen molar-refractivity contribution < 1.29 is 4.74 Å². The Morgan fingerprint density at radius 1 is 1.41 bits per heavy atom. The maximum absolute atomic E-state index is 5.45. The summed E-state index contributed by atoms with van der Waals surface area (Å²) in [5, 5.41) is 8.07. The van der Waals surface area contributed by atoms with Crippen LogP contribution >= 0.6 is 11.3 Å². The summed E-state index contributed by atoms with van der Waals surface area (Å²) in [4.78, 5) is 6.85. The van der Waals surface area contributed by atoms with Gasteiger partial charge in [-0.05, 0) is 18.8 Å². The maximum atomic E-state index is 5.45. The highest BCUT2D eigenvalue weighted by molar-refractivity contribution is 7.09. The molecule has 6 heteroatoms. The molecule has 0 unspecified atom stereocenters. The predicted molar refractivity (Wildman–Crippen MR) is 85.8 cm³/mol. The molecule has 1 saturated carbocycles. The Kier molecular flexibility index (Phi) is 3.98. The summed E-state index contributed by atoms with van der Waals surface area (Å²) < 4.78 is 7.61. The molecule has 0 N–H and O–H groups in total. The van der Waals surface area contributed by atoms with Crippen molar-refractivity contribution >= 4 is 11.3 Å². The lowest BCUT2D eigenvalue weighted by Gasteiger charge is -2.31. The van der Waals surface area contributed by atoms with Gasteiger partial charge in [-0.15, -0.1) is 11.3 Å². The number of hydrogen-bond donors (Lipinski definition) is 0. The first-order valence-corrected chi connectivity index (χ1v) is 8.85. The standard InChI is InChI=1S/C16H22N4OS/c1-21-11-13-7-19(10-16-17-4-5-22-16)9-15-14(13)8-20(18-15)6-12-2-3-12/h4-5,8,12-13H,2-3,6-7,9-11H2,1H3/t13-/m0/s1. The van der Waals surface area contributed by atoms with E-state index >= 15 is 0 Å². The first-order valence-electron chi connectivity index (χ1n) is 7.97. The van der Waals surface area contributed by atoms with Gasteiger partial charge < -0.3 is 4.74 Å². The Morgan fingerprint density at radius 2 is 2.32 bits per heavy atom. The summed E-state index contributed by atoms with van der Waals surface area (Å²) in [5.74, 6) is 1.27. The molecule has 1 fully saturated rings.